The summed E-state index contributed by atoms with van der Waals surface area (Å²) in [5.41, 5.74) is 4.95. The van der Waals surface area contributed by atoms with Crippen molar-refractivity contribution in [2.24, 2.45) is 0 Å². The van der Waals surface area contributed by atoms with Gasteiger partial charge < -0.3 is 4.74 Å². The van der Waals surface area contributed by atoms with Crippen LogP contribution in [0.1, 0.15) is 36.3 Å². The Bertz CT molecular complexity index is 1150. The molecular weight excluding hydrogens is 391 g/mol. The molecule has 0 atom stereocenters. The van der Waals surface area contributed by atoms with Crippen molar-refractivity contribution in [3.8, 4) is 16.9 Å². The molecule has 0 spiro atoms. The first-order valence-corrected chi connectivity index (χ1v) is 11.2. The lowest BCUT2D eigenvalue weighted by atomic mass is 10.0. The zero-order valence-electron chi connectivity index (χ0n) is 17.3. The van der Waals surface area contributed by atoms with Gasteiger partial charge in [-0.3, -0.25) is 0 Å². The lowest BCUT2D eigenvalue weighted by Crippen LogP contribution is -1.93. The second-order valence-electron chi connectivity index (χ2n) is 7.28. The number of hydrogen-bond donors (Lipinski definition) is 0. The average molecular weight is 417 g/mol. The highest BCUT2D eigenvalue weighted by Gasteiger charge is 2.11. The van der Waals surface area contributed by atoms with Crippen molar-refractivity contribution in [1.29, 1.82) is 0 Å². The van der Waals surface area contributed by atoms with Gasteiger partial charge in [0.2, 0.25) is 0 Å². The van der Waals surface area contributed by atoms with E-state index in [1.165, 1.54) is 34.4 Å². The molecule has 4 aromatic rings. The summed E-state index contributed by atoms with van der Waals surface area (Å²) >= 11 is 1.45. The van der Waals surface area contributed by atoms with E-state index in [0.29, 0.717) is 17.1 Å². The first kappa shape index (κ1) is 20.4. The molecule has 0 saturated heterocycles. The normalized spacial score (nSPS) is 11.4. The molecule has 0 saturated carbocycles. The topological polar surface area (TPSA) is 9.23 Å². The van der Waals surface area contributed by atoms with E-state index in [9.17, 15) is 4.39 Å². The maximum Gasteiger partial charge on any atom is 0.182 e. The highest BCUT2D eigenvalue weighted by molar-refractivity contribution is 7.19. The Hall–Kier alpha value is -2.91. The highest BCUT2D eigenvalue weighted by Crippen LogP contribution is 2.34. The number of thiophene rings is 1. The lowest BCUT2D eigenvalue weighted by Gasteiger charge is -2.04. The number of benzene rings is 3. The summed E-state index contributed by atoms with van der Waals surface area (Å²) in [6, 6.07) is 23.0. The van der Waals surface area contributed by atoms with Crippen LogP contribution in [0.25, 0.3) is 33.4 Å². The van der Waals surface area contributed by atoms with Crippen molar-refractivity contribution >= 4 is 33.6 Å². The Morgan fingerprint density at radius 2 is 1.57 bits per heavy atom. The molecule has 0 aliphatic carbocycles. The van der Waals surface area contributed by atoms with Gasteiger partial charge >= 0.3 is 0 Å². The number of ether oxygens (including phenoxy) is 1. The van der Waals surface area contributed by atoms with E-state index in [4.69, 9.17) is 4.74 Å². The van der Waals surface area contributed by atoms with Crippen LogP contribution in [-0.4, -0.2) is 6.61 Å². The third-order valence-corrected chi connectivity index (χ3v) is 6.20. The minimum Gasteiger partial charge on any atom is -0.491 e. The first-order chi connectivity index (χ1) is 14.7. The summed E-state index contributed by atoms with van der Waals surface area (Å²) in [6.45, 7) is 4.52. The van der Waals surface area contributed by atoms with Crippen LogP contribution in [-0.2, 0) is 6.42 Å². The van der Waals surface area contributed by atoms with Crippen molar-refractivity contribution in [3.63, 3.8) is 0 Å². The van der Waals surface area contributed by atoms with Crippen molar-refractivity contribution in [2.45, 2.75) is 26.7 Å². The molecule has 0 bridgehead atoms. The van der Waals surface area contributed by atoms with Crippen molar-refractivity contribution in [3.05, 3.63) is 88.6 Å². The largest absolute Gasteiger partial charge is 0.491 e. The zero-order valence-corrected chi connectivity index (χ0v) is 18.1. The average Bonchev–Trinajstić information content (AvgIpc) is 3.20. The van der Waals surface area contributed by atoms with Crippen LogP contribution in [0.5, 0.6) is 5.75 Å². The van der Waals surface area contributed by atoms with Crippen molar-refractivity contribution in [1.82, 2.24) is 0 Å². The third-order valence-electron chi connectivity index (χ3n) is 5.09. The second-order valence-corrected chi connectivity index (χ2v) is 8.36. The van der Waals surface area contributed by atoms with Crippen LogP contribution in [0, 0.1) is 5.82 Å². The smallest absolute Gasteiger partial charge is 0.182 e. The molecule has 0 aliphatic rings. The van der Waals surface area contributed by atoms with Gasteiger partial charge in [0, 0.05) is 4.88 Å². The second kappa shape index (κ2) is 9.27. The van der Waals surface area contributed by atoms with Gasteiger partial charge in [0.05, 0.1) is 11.3 Å². The summed E-state index contributed by atoms with van der Waals surface area (Å²) in [5.74, 6) is 0.0500. The van der Waals surface area contributed by atoms with Crippen LogP contribution < -0.4 is 4.74 Å². The van der Waals surface area contributed by atoms with E-state index in [1.54, 1.807) is 6.07 Å². The van der Waals surface area contributed by atoms with Crippen LogP contribution in [0.4, 0.5) is 4.39 Å². The van der Waals surface area contributed by atoms with Crippen LogP contribution in [0.15, 0.2) is 66.7 Å². The molecule has 152 valence electrons. The molecule has 4 rings (SSSR count). The maximum atomic E-state index is 14.6. The Morgan fingerprint density at radius 1 is 0.867 bits per heavy atom. The lowest BCUT2D eigenvalue weighted by molar-refractivity contribution is 0.323. The number of aryl methyl sites for hydroxylation is 1. The van der Waals surface area contributed by atoms with Gasteiger partial charge in [0.25, 0.3) is 0 Å². The van der Waals surface area contributed by atoms with E-state index in [1.807, 2.05) is 25.1 Å². The fourth-order valence-corrected chi connectivity index (χ4v) is 4.53. The molecule has 0 fully saturated rings. The molecule has 1 nitrogen and oxygen atoms in total. The Labute approximate surface area is 181 Å². The summed E-state index contributed by atoms with van der Waals surface area (Å²) in [7, 11) is 0. The van der Waals surface area contributed by atoms with E-state index in [0.717, 1.165) is 22.2 Å². The molecule has 0 amide bonds. The molecule has 30 heavy (non-hydrogen) atoms. The molecule has 3 heteroatoms. The van der Waals surface area contributed by atoms with Gasteiger partial charge in [0.15, 0.2) is 11.6 Å². The predicted molar refractivity (Wildman–Crippen MR) is 128 cm³/mol. The monoisotopic (exact) mass is 416 g/mol. The van der Waals surface area contributed by atoms with E-state index in [-0.39, 0.29) is 5.82 Å². The Balaban J connectivity index is 1.51. The summed E-state index contributed by atoms with van der Waals surface area (Å²) in [4.78, 5) is 1.02. The summed E-state index contributed by atoms with van der Waals surface area (Å²) in [5, 5.41) is 0.905. The maximum absolute atomic E-state index is 14.6. The van der Waals surface area contributed by atoms with Crippen LogP contribution >= 0.6 is 11.3 Å². The van der Waals surface area contributed by atoms with Gasteiger partial charge in [-0.15, -0.1) is 11.3 Å². The molecular formula is C27H25FOS. The van der Waals surface area contributed by atoms with Gasteiger partial charge in [0.1, 0.15) is 0 Å². The Morgan fingerprint density at radius 3 is 2.23 bits per heavy atom. The van der Waals surface area contributed by atoms with E-state index < -0.39 is 0 Å². The van der Waals surface area contributed by atoms with Gasteiger partial charge in [-0.05, 0) is 65.3 Å². The van der Waals surface area contributed by atoms with Crippen molar-refractivity contribution < 1.29 is 9.13 Å². The quantitative estimate of drug-likeness (QED) is 0.295. The zero-order chi connectivity index (χ0) is 20.9. The molecule has 0 N–H and O–H groups in total. The fourth-order valence-electron chi connectivity index (χ4n) is 3.54. The van der Waals surface area contributed by atoms with Gasteiger partial charge in [-0.25, -0.2) is 4.39 Å². The number of halogens is 1. The summed E-state index contributed by atoms with van der Waals surface area (Å²) in [6.07, 6.45) is 6.40. The number of fused-ring (bicyclic) bond motifs is 1. The van der Waals surface area contributed by atoms with Crippen LogP contribution in [0.3, 0.4) is 0 Å². The third kappa shape index (κ3) is 4.47. The standard InChI is InChI=1S/C27H25FOS/c1-3-5-19-6-11-21(12-7-19)22-13-8-20(9-14-22)10-16-24-18-23-15-17-25(29-4-2)26(28)27(23)30-24/h6-18H,3-5H2,1-2H3/b16-10+. The van der Waals surface area contributed by atoms with Crippen LogP contribution in [0.2, 0.25) is 0 Å². The molecule has 1 heterocycles. The number of rotatable bonds is 7. The van der Waals surface area contributed by atoms with Crippen molar-refractivity contribution in [2.75, 3.05) is 6.61 Å². The van der Waals surface area contributed by atoms with Gasteiger partial charge in [-0.2, -0.15) is 0 Å². The minimum absolute atomic E-state index is 0.270. The predicted octanol–water partition coefficient (Wildman–Crippen LogP) is 8.23. The highest BCUT2D eigenvalue weighted by atomic mass is 32.1. The van der Waals surface area contributed by atoms with E-state index >= 15 is 0 Å². The molecule has 0 radical (unpaired) electrons. The van der Waals surface area contributed by atoms with E-state index in [2.05, 4.69) is 61.5 Å². The van der Waals surface area contributed by atoms with Gasteiger partial charge in [-0.1, -0.05) is 68.0 Å². The molecule has 1 aromatic heterocycles. The first-order valence-electron chi connectivity index (χ1n) is 10.4. The molecule has 0 aliphatic heterocycles. The fraction of sp³-hybridized carbons (Fsp3) is 0.185. The number of hydrogen-bond acceptors (Lipinski definition) is 2. The molecule has 0 unspecified atom stereocenters. The minimum atomic E-state index is -0.270. The molecule has 3 aromatic carbocycles. The summed E-state index contributed by atoms with van der Waals surface area (Å²) < 4.78 is 20.6. The SMILES string of the molecule is CCCc1ccc(-c2ccc(/C=C/c3cc4ccc(OCC)c(F)c4s3)cc2)cc1. The Kier molecular flexibility index (Phi) is 6.29.